The summed E-state index contributed by atoms with van der Waals surface area (Å²) in [5.74, 6) is -1.17. The first-order valence-electron chi connectivity index (χ1n) is 13.9. The van der Waals surface area contributed by atoms with Crippen LogP contribution >= 0.6 is 11.8 Å². The van der Waals surface area contributed by atoms with E-state index in [4.69, 9.17) is 0 Å². The van der Waals surface area contributed by atoms with Crippen molar-refractivity contribution in [2.45, 2.75) is 56.9 Å². The maximum Gasteiger partial charge on any atom is 0.254 e. The summed E-state index contributed by atoms with van der Waals surface area (Å²) in [5, 5.41) is 6.03. The van der Waals surface area contributed by atoms with Gasteiger partial charge in [0.05, 0.1) is 12.1 Å². The van der Waals surface area contributed by atoms with Crippen LogP contribution < -0.4 is 10.6 Å². The Hall–Kier alpha value is -3.16. The minimum absolute atomic E-state index is 0.0414. The lowest BCUT2D eigenvalue weighted by atomic mass is 9.89. The summed E-state index contributed by atoms with van der Waals surface area (Å²) in [7, 11) is 2.20. The fraction of sp³-hybridized carbons (Fsp3) is 0.394. The molecule has 0 radical (unpaired) electrons. The highest BCUT2D eigenvalue weighted by Crippen LogP contribution is 2.27. The van der Waals surface area contributed by atoms with E-state index in [1.165, 1.54) is 55.1 Å². The topological polar surface area (TPSA) is 61.4 Å². The van der Waals surface area contributed by atoms with Crippen LogP contribution in [-0.2, 0) is 11.2 Å². The van der Waals surface area contributed by atoms with Gasteiger partial charge in [-0.1, -0.05) is 56.7 Å². The van der Waals surface area contributed by atoms with Crippen LogP contribution in [0.4, 0.5) is 10.1 Å². The van der Waals surface area contributed by atoms with Gasteiger partial charge >= 0.3 is 0 Å². The summed E-state index contributed by atoms with van der Waals surface area (Å²) in [5.41, 5.74) is 3.38. The molecule has 4 rings (SSSR count). The zero-order valence-corrected chi connectivity index (χ0v) is 25.3. The molecule has 1 aliphatic heterocycles. The average molecular weight is 566 g/mol. The van der Waals surface area contributed by atoms with E-state index in [2.05, 4.69) is 73.9 Å². The molecule has 5 nitrogen and oxygen atoms in total. The smallest absolute Gasteiger partial charge is 0.254 e. The number of piperidine rings is 1. The molecule has 1 fully saturated rings. The fourth-order valence-electron chi connectivity index (χ4n) is 4.18. The van der Waals surface area contributed by atoms with Crippen LogP contribution in [0.15, 0.2) is 77.7 Å². The number of aldehydes is 1. The Morgan fingerprint density at radius 1 is 1.00 bits per heavy atom. The maximum atomic E-state index is 13.6. The molecule has 3 aromatic carbocycles. The molecule has 7 heteroatoms. The Balaban J connectivity index is 0.000000258. The van der Waals surface area contributed by atoms with Gasteiger partial charge in [-0.2, -0.15) is 0 Å². The molecule has 2 N–H and O–H groups in total. The number of carbonyl (C=O) groups excluding carboxylic acids is 2. The van der Waals surface area contributed by atoms with Crippen LogP contribution in [-0.4, -0.2) is 55.6 Å². The number of carbonyl (C=O) groups is 2. The van der Waals surface area contributed by atoms with E-state index in [0.29, 0.717) is 12.7 Å². The molecular weight excluding hydrogens is 521 g/mol. The molecule has 0 aliphatic carbocycles. The van der Waals surface area contributed by atoms with Gasteiger partial charge in [-0.15, -0.1) is 11.8 Å². The van der Waals surface area contributed by atoms with E-state index in [0.717, 1.165) is 11.1 Å². The second-order valence-corrected chi connectivity index (χ2v) is 11.2. The number of anilines is 1. The van der Waals surface area contributed by atoms with Crippen LogP contribution in [0.1, 0.15) is 61.5 Å². The van der Waals surface area contributed by atoms with E-state index in [1.807, 2.05) is 30.3 Å². The molecular formula is C33H44FN3O2S. The first-order valence-corrected chi connectivity index (χ1v) is 15.1. The van der Waals surface area contributed by atoms with Crippen molar-refractivity contribution in [1.82, 2.24) is 10.2 Å². The van der Waals surface area contributed by atoms with E-state index < -0.39 is 11.7 Å². The van der Waals surface area contributed by atoms with E-state index in [-0.39, 0.29) is 17.6 Å². The van der Waals surface area contributed by atoms with Gasteiger partial charge in [0.1, 0.15) is 12.1 Å². The van der Waals surface area contributed by atoms with Crippen molar-refractivity contribution < 1.29 is 14.0 Å². The second kappa shape index (κ2) is 17.5. The number of nitrogens with one attached hydrogen (secondary N) is 2. The first kappa shape index (κ1) is 33.0. The van der Waals surface area contributed by atoms with Crippen molar-refractivity contribution in [1.29, 1.82) is 0 Å². The monoisotopic (exact) mass is 565 g/mol. The third-order valence-electron chi connectivity index (χ3n) is 6.50. The summed E-state index contributed by atoms with van der Waals surface area (Å²) in [6.07, 6.45) is 6.97. The Kier molecular flexibility index (Phi) is 14.5. The molecule has 0 aromatic heterocycles. The molecule has 3 aromatic rings. The lowest BCUT2D eigenvalue weighted by molar-refractivity contribution is -0.107. The predicted molar refractivity (Wildman–Crippen MR) is 167 cm³/mol. The van der Waals surface area contributed by atoms with Crippen molar-refractivity contribution in [2.24, 2.45) is 0 Å². The molecule has 1 amide bonds. The predicted octanol–water partition coefficient (Wildman–Crippen LogP) is 7.07. The number of halogens is 1. The lowest BCUT2D eigenvalue weighted by Crippen LogP contribution is -2.45. The van der Waals surface area contributed by atoms with Crippen molar-refractivity contribution >= 4 is 29.6 Å². The maximum absolute atomic E-state index is 13.6. The van der Waals surface area contributed by atoms with Crippen molar-refractivity contribution in [2.75, 3.05) is 38.3 Å². The van der Waals surface area contributed by atoms with Crippen molar-refractivity contribution in [3.8, 4) is 0 Å². The van der Waals surface area contributed by atoms with Crippen molar-refractivity contribution in [3.63, 3.8) is 0 Å². The summed E-state index contributed by atoms with van der Waals surface area (Å²) in [6, 6.07) is 22.9. The SMILES string of the molecule is CCC.CSc1ccc(NC2(C)CCN(C)CC2)cc1.O=CCNC(=O)c1cc(Cc2ccccc2)ccc1F. The molecule has 1 heterocycles. The van der Waals surface area contributed by atoms with Gasteiger partial charge in [-0.25, -0.2) is 4.39 Å². The molecule has 40 heavy (non-hydrogen) atoms. The van der Waals surface area contributed by atoms with Crippen LogP contribution in [0.5, 0.6) is 0 Å². The highest BCUT2D eigenvalue weighted by Gasteiger charge is 2.28. The third-order valence-corrected chi connectivity index (χ3v) is 7.24. The Morgan fingerprint density at radius 3 is 2.20 bits per heavy atom. The molecule has 0 atom stereocenters. The van der Waals surface area contributed by atoms with Crippen LogP contribution in [0.3, 0.4) is 0 Å². The second-order valence-electron chi connectivity index (χ2n) is 10.3. The van der Waals surface area contributed by atoms with E-state index in [1.54, 1.807) is 17.8 Å². The summed E-state index contributed by atoms with van der Waals surface area (Å²) in [6.45, 7) is 8.84. The minimum Gasteiger partial charge on any atom is -0.380 e. The molecule has 1 aliphatic rings. The summed E-state index contributed by atoms with van der Waals surface area (Å²) >= 11 is 1.79. The molecule has 1 saturated heterocycles. The summed E-state index contributed by atoms with van der Waals surface area (Å²) in [4.78, 5) is 25.7. The molecule has 0 unspecified atom stereocenters. The van der Waals surface area contributed by atoms with Crippen LogP contribution in [0, 0.1) is 5.82 Å². The number of benzene rings is 3. The highest BCUT2D eigenvalue weighted by atomic mass is 32.2. The van der Waals surface area contributed by atoms with E-state index in [9.17, 15) is 14.0 Å². The Labute approximate surface area is 243 Å². The fourth-order valence-corrected chi connectivity index (χ4v) is 4.59. The largest absolute Gasteiger partial charge is 0.380 e. The average Bonchev–Trinajstić information content (AvgIpc) is 2.96. The number of rotatable bonds is 8. The van der Waals surface area contributed by atoms with Gasteiger partial charge in [0, 0.05) is 29.2 Å². The first-order chi connectivity index (χ1) is 19.2. The zero-order valence-electron chi connectivity index (χ0n) is 24.5. The Morgan fingerprint density at radius 2 is 1.62 bits per heavy atom. The van der Waals surface area contributed by atoms with Crippen molar-refractivity contribution in [3.05, 3.63) is 95.3 Å². The third kappa shape index (κ3) is 11.5. The van der Waals surface area contributed by atoms with Gasteiger partial charge in [-0.05, 0) is 87.0 Å². The molecule has 0 bridgehead atoms. The number of hydrogen-bond acceptors (Lipinski definition) is 5. The van der Waals surface area contributed by atoms with Gasteiger partial charge in [-0.3, -0.25) is 4.79 Å². The van der Waals surface area contributed by atoms with E-state index >= 15 is 0 Å². The van der Waals surface area contributed by atoms with Crippen LogP contribution in [0.2, 0.25) is 0 Å². The standard InChI is InChI=1S/C16H14FNO2.C14H22N2S.C3H8/c17-15-7-6-13(10-12-4-2-1-3-5-12)11-14(15)16(20)18-8-9-19;1-14(8-10-16(2)11-9-14)15-12-4-6-13(17-3)7-5-12;1-3-2/h1-7,9,11H,8,10H2,(H,18,20);4-7,15H,8-11H2,1-3H3;3H2,1-2H3. The quantitative estimate of drug-likeness (QED) is 0.226. The molecule has 0 saturated carbocycles. The van der Waals surface area contributed by atoms with Crippen LogP contribution in [0.25, 0.3) is 0 Å². The van der Waals surface area contributed by atoms with Gasteiger partial charge in [0.25, 0.3) is 5.91 Å². The Bertz CT molecular complexity index is 1160. The van der Waals surface area contributed by atoms with Gasteiger partial charge in [0.2, 0.25) is 0 Å². The minimum atomic E-state index is -0.592. The number of nitrogens with zero attached hydrogens (tertiary/aromatic N) is 1. The molecule has 0 spiro atoms. The van der Waals surface area contributed by atoms with Gasteiger partial charge in [0.15, 0.2) is 0 Å². The highest BCUT2D eigenvalue weighted by molar-refractivity contribution is 7.98. The lowest BCUT2D eigenvalue weighted by Gasteiger charge is -2.39. The zero-order chi connectivity index (χ0) is 29.4. The number of hydrogen-bond donors (Lipinski definition) is 2. The summed E-state index contributed by atoms with van der Waals surface area (Å²) < 4.78 is 13.6. The van der Waals surface area contributed by atoms with Gasteiger partial charge < -0.3 is 20.3 Å². The number of thioether (sulfide) groups is 1. The number of amides is 1. The molecule has 216 valence electrons. The normalized spacial score (nSPS) is 14.1. The number of likely N-dealkylation sites (tertiary alicyclic amines) is 1.